The van der Waals surface area contributed by atoms with E-state index in [0.29, 0.717) is 42.1 Å². The molecular weight excluding hydrogens is 527 g/mol. The van der Waals surface area contributed by atoms with E-state index < -0.39 is 24.6 Å². The van der Waals surface area contributed by atoms with Crippen LogP contribution in [-0.4, -0.2) is 69.2 Å². The fourth-order valence-corrected chi connectivity index (χ4v) is 5.17. The van der Waals surface area contributed by atoms with Crippen molar-refractivity contribution in [1.29, 1.82) is 0 Å². The first kappa shape index (κ1) is 27.3. The molecule has 2 aromatic carbocycles. The highest BCUT2D eigenvalue weighted by Gasteiger charge is 2.27. The summed E-state index contributed by atoms with van der Waals surface area (Å²) in [6.07, 6.45) is 1.55. The van der Waals surface area contributed by atoms with Gasteiger partial charge in [-0.3, -0.25) is 19.0 Å². The van der Waals surface area contributed by atoms with E-state index >= 15 is 4.39 Å². The second-order valence-electron chi connectivity index (χ2n) is 9.67. The van der Waals surface area contributed by atoms with Crippen LogP contribution in [0.2, 0.25) is 0 Å². The number of fused-ring (bicyclic) bond motifs is 1. The molecule has 1 unspecified atom stereocenters. The summed E-state index contributed by atoms with van der Waals surface area (Å²) in [6, 6.07) is 12.4. The lowest BCUT2D eigenvalue weighted by Gasteiger charge is -2.40. The van der Waals surface area contributed by atoms with E-state index in [1.54, 1.807) is 52.2 Å². The summed E-state index contributed by atoms with van der Waals surface area (Å²) in [7, 11) is 1.53. The zero-order valence-electron chi connectivity index (χ0n) is 21.9. The second kappa shape index (κ2) is 11.0. The van der Waals surface area contributed by atoms with Crippen LogP contribution < -0.4 is 15.2 Å². The summed E-state index contributed by atoms with van der Waals surface area (Å²) in [5.41, 5.74) is 1.17. The van der Waals surface area contributed by atoms with Crippen LogP contribution >= 0.6 is 0 Å². The minimum atomic E-state index is -3.00. The number of aliphatic hydroxyl groups is 1. The van der Waals surface area contributed by atoms with Gasteiger partial charge in [0.2, 0.25) is 5.91 Å². The molecule has 1 N–H and O–H groups in total. The number of anilines is 1. The lowest BCUT2D eigenvalue weighted by atomic mass is 10.0. The van der Waals surface area contributed by atoms with Gasteiger partial charge in [-0.1, -0.05) is 18.2 Å². The fourth-order valence-electron chi connectivity index (χ4n) is 5.17. The first-order valence-corrected chi connectivity index (χ1v) is 12.7. The van der Waals surface area contributed by atoms with Gasteiger partial charge in [0, 0.05) is 55.6 Å². The monoisotopic (exact) mass is 555 g/mol. The predicted octanol–water partition coefficient (Wildman–Crippen LogP) is 3.22. The number of aromatic nitrogens is 3. The summed E-state index contributed by atoms with van der Waals surface area (Å²) in [5.74, 6) is -0.251. The van der Waals surface area contributed by atoms with Crippen molar-refractivity contribution in [3.63, 3.8) is 0 Å². The molecule has 0 aliphatic carbocycles. The van der Waals surface area contributed by atoms with Gasteiger partial charge in [0.15, 0.2) is 0 Å². The number of rotatable bonds is 7. The highest BCUT2D eigenvalue weighted by molar-refractivity contribution is 5.85. The molecule has 1 fully saturated rings. The molecule has 5 rings (SSSR count). The van der Waals surface area contributed by atoms with E-state index in [1.807, 2.05) is 11.8 Å². The number of para-hydroxylation sites is 1. The van der Waals surface area contributed by atoms with Crippen molar-refractivity contribution in [3.8, 4) is 16.9 Å². The number of pyridine rings is 1. The largest absolute Gasteiger partial charge is 0.434 e. The zero-order chi connectivity index (χ0) is 28.6. The predicted molar refractivity (Wildman–Crippen MR) is 143 cm³/mol. The van der Waals surface area contributed by atoms with Crippen LogP contribution in [0.5, 0.6) is 5.75 Å². The molecule has 9 nitrogen and oxygen atoms in total. The lowest BCUT2D eigenvalue weighted by Crippen LogP contribution is -2.55. The summed E-state index contributed by atoms with van der Waals surface area (Å²) in [5, 5.41) is 9.32. The minimum absolute atomic E-state index is 0.00944. The average Bonchev–Trinajstić information content (AvgIpc) is 3.17. The van der Waals surface area contributed by atoms with Crippen LogP contribution in [0.25, 0.3) is 22.0 Å². The van der Waals surface area contributed by atoms with Gasteiger partial charge in [0.05, 0.1) is 17.4 Å². The first-order chi connectivity index (χ1) is 19.2. The van der Waals surface area contributed by atoms with E-state index in [9.17, 15) is 18.4 Å². The molecule has 0 bridgehead atoms. The summed E-state index contributed by atoms with van der Waals surface area (Å²) >= 11 is 0. The Morgan fingerprint density at radius 3 is 2.62 bits per heavy atom. The van der Waals surface area contributed by atoms with Crippen molar-refractivity contribution in [3.05, 3.63) is 76.5 Å². The number of alkyl halides is 2. The maximum absolute atomic E-state index is 15.3. The van der Waals surface area contributed by atoms with Crippen molar-refractivity contribution >= 4 is 22.6 Å². The molecular formula is C28H28F3N5O4. The van der Waals surface area contributed by atoms with Gasteiger partial charge in [0.25, 0.3) is 5.56 Å². The molecule has 1 atom stereocenters. The number of amides is 1. The Labute approximate surface area is 227 Å². The third kappa shape index (κ3) is 5.14. The number of nitrogens with zero attached hydrogens (tertiary/aromatic N) is 5. The Hall–Kier alpha value is -4.32. The third-order valence-corrected chi connectivity index (χ3v) is 7.22. The van der Waals surface area contributed by atoms with Gasteiger partial charge in [-0.25, -0.2) is 9.37 Å². The Morgan fingerprint density at radius 1 is 1.18 bits per heavy atom. The molecule has 3 heterocycles. The van der Waals surface area contributed by atoms with Crippen molar-refractivity contribution < 1.29 is 27.8 Å². The van der Waals surface area contributed by atoms with Crippen molar-refractivity contribution in [2.24, 2.45) is 7.05 Å². The smallest absolute Gasteiger partial charge is 0.387 e. The van der Waals surface area contributed by atoms with Crippen LogP contribution in [0.15, 0.2) is 59.5 Å². The first-order valence-electron chi connectivity index (χ1n) is 12.7. The Kier molecular flexibility index (Phi) is 7.53. The molecule has 1 aliphatic heterocycles. The van der Waals surface area contributed by atoms with E-state index in [2.05, 4.69) is 9.72 Å². The topological polar surface area (TPSA) is 92.8 Å². The molecule has 0 saturated carbocycles. The number of carbonyl (C=O) groups is 1. The molecule has 2 aromatic heterocycles. The van der Waals surface area contributed by atoms with Crippen LogP contribution in [0, 0.1) is 5.82 Å². The lowest BCUT2D eigenvalue weighted by molar-refractivity contribution is -0.136. The summed E-state index contributed by atoms with van der Waals surface area (Å²) < 4.78 is 48.7. The number of benzene rings is 2. The van der Waals surface area contributed by atoms with Gasteiger partial charge in [0.1, 0.15) is 24.0 Å². The van der Waals surface area contributed by atoms with Gasteiger partial charge < -0.3 is 19.6 Å². The molecule has 40 heavy (non-hydrogen) atoms. The number of aliphatic hydroxyl groups excluding tert-OH is 1. The summed E-state index contributed by atoms with van der Waals surface area (Å²) in [4.78, 5) is 33.0. The molecule has 0 spiro atoms. The van der Waals surface area contributed by atoms with Gasteiger partial charge >= 0.3 is 6.61 Å². The quantitative estimate of drug-likeness (QED) is 0.377. The van der Waals surface area contributed by atoms with Crippen LogP contribution in [0.1, 0.15) is 12.5 Å². The van der Waals surface area contributed by atoms with E-state index in [-0.39, 0.29) is 35.2 Å². The fraction of sp³-hybridized carbons (Fsp3) is 0.321. The number of piperazine rings is 1. The number of hydrogen-bond donors (Lipinski definition) is 1. The van der Waals surface area contributed by atoms with Crippen LogP contribution in [-0.2, 0) is 18.4 Å². The Balaban J connectivity index is 1.46. The number of ether oxygens (including phenoxy) is 1. The highest BCUT2D eigenvalue weighted by Crippen LogP contribution is 2.29. The number of carbonyl (C=O) groups excluding carboxylic acids is 1. The molecule has 1 aliphatic rings. The van der Waals surface area contributed by atoms with Gasteiger partial charge in [-0.05, 0) is 37.3 Å². The van der Waals surface area contributed by atoms with Crippen molar-refractivity contribution in [2.45, 2.75) is 26.1 Å². The van der Waals surface area contributed by atoms with E-state index in [1.165, 1.54) is 23.9 Å². The molecule has 1 amide bonds. The minimum Gasteiger partial charge on any atom is -0.434 e. The second-order valence-corrected chi connectivity index (χ2v) is 9.67. The van der Waals surface area contributed by atoms with Crippen molar-refractivity contribution in [2.75, 3.05) is 31.1 Å². The van der Waals surface area contributed by atoms with Gasteiger partial charge in [-0.2, -0.15) is 8.78 Å². The SMILES string of the molecule is CC1CN(c2ccc(-c3cc4c(cc3F)c(=O)n(C)n4Cc3ccccc3OC(F)F)cn2)CCN1C(=O)CO. The Bertz CT molecular complexity index is 1600. The van der Waals surface area contributed by atoms with Gasteiger partial charge in [-0.15, -0.1) is 0 Å². The molecule has 0 radical (unpaired) electrons. The van der Waals surface area contributed by atoms with Crippen LogP contribution in [0.3, 0.4) is 0 Å². The maximum Gasteiger partial charge on any atom is 0.387 e. The number of hydrogen-bond acceptors (Lipinski definition) is 6. The standard InChI is InChI=1S/C28H28F3N5O4/c1-17-14-34(9-10-35(17)26(38)16-37)25-8-7-18(13-32-25)20-12-23-21(11-22(20)29)27(39)33(2)36(23)15-19-5-3-4-6-24(19)40-28(30)31/h3-8,11-13,17,28,37H,9-10,14-16H2,1-2H3. The molecule has 210 valence electrons. The molecule has 12 heteroatoms. The maximum atomic E-state index is 15.3. The van der Waals surface area contributed by atoms with Crippen LogP contribution in [0.4, 0.5) is 19.0 Å². The van der Waals surface area contributed by atoms with E-state index in [0.717, 1.165) is 0 Å². The van der Waals surface area contributed by atoms with Crippen molar-refractivity contribution in [1.82, 2.24) is 19.2 Å². The third-order valence-electron chi connectivity index (χ3n) is 7.22. The molecule has 4 aromatic rings. The Morgan fingerprint density at radius 2 is 1.95 bits per heavy atom. The highest BCUT2D eigenvalue weighted by atomic mass is 19.3. The summed E-state index contributed by atoms with van der Waals surface area (Å²) in [6.45, 7) is -0.0662. The normalized spacial score (nSPS) is 15.7. The molecule has 1 saturated heterocycles. The van der Waals surface area contributed by atoms with E-state index in [4.69, 9.17) is 5.11 Å². The number of halogens is 3. The zero-order valence-corrected chi connectivity index (χ0v) is 21.9. The average molecular weight is 556 g/mol.